The molecule has 0 N–H and O–H groups in total. The van der Waals surface area contributed by atoms with Gasteiger partial charge in [-0.05, 0) is 0 Å². The summed E-state index contributed by atoms with van der Waals surface area (Å²) in [7, 11) is 1.78. The summed E-state index contributed by atoms with van der Waals surface area (Å²) in [6, 6.07) is 29.0. The van der Waals surface area contributed by atoms with E-state index in [4.69, 9.17) is 4.74 Å². The second-order valence-electron chi connectivity index (χ2n) is 6.86. The molecule has 0 unspecified atom stereocenters. The molecular formula is C25H20OSeTe. The molecule has 0 spiro atoms. The molecular weight excluding hydrogens is 523 g/mol. The van der Waals surface area contributed by atoms with Crippen LogP contribution in [0.3, 0.4) is 0 Å². The van der Waals surface area contributed by atoms with Crippen molar-refractivity contribution in [3.63, 3.8) is 0 Å². The average molecular weight is 543 g/mol. The van der Waals surface area contributed by atoms with Crippen molar-refractivity contribution in [1.82, 2.24) is 0 Å². The fraction of sp³-hybridized carbons (Fsp3) is 0.120. The number of ether oxygens (including phenoxy) is 1. The molecule has 1 aliphatic carbocycles. The van der Waals surface area contributed by atoms with Gasteiger partial charge in [0.15, 0.2) is 0 Å². The maximum atomic E-state index is 5.65. The number of methoxy groups -OCH3 is 1. The summed E-state index contributed by atoms with van der Waals surface area (Å²) in [6.07, 6.45) is 2.37. The Morgan fingerprint density at radius 2 is 1.43 bits per heavy atom. The molecule has 0 fully saturated rings. The second kappa shape index (κ2) is 7.94. The van der Waals surface area contributed by atoms with Crippen molar-refractivity contribution >= 4 is 62.8 Å². The molecule has 0 heterocycles. The summed E-state index contributed by atoms with van der Waals surface area (Å²) < 4.78 is 11.5. The van der Waals surface area contributed by atoms with Crippen LogP contribution in [0, 0.1) is 0 Å². The molecule has 3 heteroatoms. The molecule has 5 rings (SSSR count). The minimum atomic E-state index is -0.528. The van der Waals surface area contributed by atoms with Gasteiger partial charge in [-0.2, -0.15) is 0 Å². The van der Waals surface area contributed by atoms with E-state index in [0.29, 0.717) is 15.0 Å². The first-order valence-corrected chi connectivity index (χ1v) is 13.5. The van der Waals surface area contributed by atoms with Gasteiger partial charge in [0.05, 0.1) is 0 Å². The maximum absolute atomic E-state index is 5.65. The third-order valence-corrected chi connectivity index (χ3v) is 10.6. The Hall–Kier alpha value is -1.75. The fourth-order valence-corrected chi connectivity index (χ4v) is 9.52. The molecule has 4 aromatic carbocycles. The standard InChI is InChI=1S/C25H20OSeTe/c1-26-20-9-5-6-10-22(20)28-23-16-14-18-12-11-17-13-15-21(25(23)24(17)18)27-19-7-3-2-4-8-19/h2-10,13-16H,11-12H2,1H3. The first-order chi connectivity index (χ1) is 13.8. The summed E-state index contributed by atoms with van der Waals surface area (Å²) >= 11 is -0.205. The van der Waals surface area contributed by atoms with E-state index in [1.54, 1.807) is 21.5 Å². The first-order valence-electron chi connectivity index (χ1n) is 9.45. The Morgan fingerprint density at radius 3 is 2.21 bits per heavy atom. The zero-order chi connectivity index (χ0) is 18.9. The zero-order valence-electron chi connectivity index (χ0n) is 15.6. The Morgan fingerprint density at radius 1 is 0.714 bits per heavy atom. The van der Waals surface area contributed by atoms with Gasteiger partial charge in [-0.25, -0.2) is 0 Å². The summed E-state index contributed by atoms with van der Waals surface area (Å²) in [5.41, 5.74) is 3.07. The van der Waals surface area contributed by atoms with Crippen LogP contribution in [-0.4, -0.2) is 43.0 Å². The van der Waals surface area contributed by atoms with E-state index in [2.05, 4.69) is 78.9 Å². The summed E-state index contributed by atoms with van der Waals surface area (Å²) in [4.78, 5) is 0. The molecule has 0 radical (unpaired) electrons. The number of hydrogen-bond donors (Lipinski definition) is 0. The summed E-state index contributed by atoms with van der Waals surface area (Å²) in [5.74, 6) is 1.03. The third kappa shape index (κ3) is 3.38. The van der Waals surface area contributed by atoms with Gasteiger partial charge in [-0.3, -0.25) is 0 Å². The van der Waals surface area contributed by atoms with Crippen molar-refractivity contribution in [2.24, 2.45) is 0 Å². The Labute approximate surface area is 182 Å². The number of aryl methyl sites for hydroxylation is 2. The Kier molecular flexibility index (Phi) is 5.18. The van der Waals surface area contributed by atoms with Crippen molar-refractivity contribution in [2.45, 2.75) is 12.8 Å². The summed E-state index contributed by atoms with van der Waals surface area (Å²) in [6.45, 7) is 0. The monoisotopic (exact) mass is 546 g/mol. The molecule has 0 atom stereocenters. The van der Waals surface area contributed by atoms with Gasteiger partial charge >= 0.3 is 183 Å². The van der Waals surface area contributed by atoms with Gasteiger partial charge in [-0.1, -0.05) is 0 Å². The van der Waals surface area contributed by atoms with Crippen LogP contribution >= 0.6 is 0 Å². The fourth-order valence-electron chi connectivity index (χ4n) is 3.87. The summed E-state index contributed by atoms with van der Waals surface area (Å²) in [5, 5.41) is 3.09. The van der Waals surface area contributed by atoms with E-state index < -0.39 is 20.9 Å². The van der Waals surface area contributed by atoms with Gasteiger partial charge in [0.25, 0.3) is 0 Å². The van der Waals surface area contributed by atoms with Gasteiger partial charge in [0, 0.05) is 0 Å². The molecule has 138 valence electrons. The van der Waals surface area contributed by atoms with Crippen LogP contribution in [0.1, 0.15) is 11.1 Å². The number of rotatable bonds is 5. The molecule has 28 heavy (non-hydrogen) atoms. The Bertz CT molecular complexity index is 1140. The third-order valence-electron chi connectivity index (χ3n) is 5.18. The quantitative estimate of drug-likeness (QED) is 0.352. The van der Waals surface area contributed by atoms with Crippen molar-refractivity contribution in [2.75, 3.05) is 7.11 Å². The number of hydrogen-bond acceptors (Lipinski definition) is 1. The number of benzene rings is 4. The van der Waals surface area contributed by atoms with E-state index >= 15 is 0 Å². The molecule has 0 aromatic heterocycles. The van der Waals surface area contributed by atoms with E-state index in [9.17, 15) is 0 Å². The van der Waals surface area contributed by atoms with E-state index in [0.717, 1.165) is 5.75 Å². The van der Waals surface area contributed by atoms with Crippen LogP contribution in [0.5, 0.6) is 5.75 Å². The minimum absolute atomic E-state index is 0.323. The second-order valence-corrected chi connectivity index (χ2v) is 12.3. The van der Waals surface area contributed by atoms with Crippen LogP contribution in [0.2, 0.25) is 0 Å². The molecule has 0 saturated heterocycles. The average Bonchev–Trinajstić information content (AvgIpc) is 3.16. The molecule has 0 amide bonds. The SMILES string of the molecule is COc1ccccc1[Te]c1ccc2c3c(ccc([Se]c4ccccc4)c13)CC2. The molecule has 0 bridgehead atoms. The number of para-hydroxylation sites is 1. The van der Waals surface area contributed by atoms with Gasteiger partial charge in [0.1, 0.15) is 0 Å². The van der Waals surface area contributed by atoms with Crippen LogP contribution < -0.4 is 20.9 Å². The molecule has 4 aromatic rings. The molecule has 0 saturated carbocycles. The van der Waals surface area contributed by atoms with Gasteiger partial charge in [-0.15, -0.1) is 0 Å². The topological polar surface area (TPSA) is 9.23 Å². The van der Waals surface area contributed by atoms with Crippen LogP contribution in [0.15, 0.2) is 78.9 Å². The van der Waals surface area contributed by atoms with Crippen LogP contribution in [0.4, 0.5) is 0 Å². The normalized spacial score (nSPS) is 12.5. The predicted molar refractivity (Wildman–Crippen MR) is 121 cm³/mol. The molecule has 1 nitrogen and oxygen atoms in total. The van der Waals surface area contributed by atoms with Crippen molar-refractivity contribution in [1.29, 1.82) is 0 Å². The van der Waals surface area contributed by atoms with Crippen LogP contribution in [-0.2, 0) is 12.8 Å². The first kappa shape index (κ1) is 18.3. The van der Waals surface area contributed by atoms with Crippen molar-refractivity contribution in [3.8, 4) is 5.75 Å². The van der Waals surface area contributed by atoms with E-state index in [-0.39, 0.29) is 0 Å². The van der Waals surface area contributed by atoms with Crippen molar-refractivity contribution < 1.29 is 4.74 Å². The predicted octanol–water partition coefficient (Wildman–Crippen LogP) is 2.26. The van der Waals surface area contributed by atoms with E-state index in [1.165, 1.54) is 36.5 Å². The van der Waals surface area contributed by atoms with E-state index in [1.807, 2.05) is 0 Å². The molecule has 0 aliphatic heterocycles. The Balaban J connectivity index is 1.67. The van der Waals surface area contributed by atoms with Crippen LogP contribution in [0.25, 0.3) is 10.8 Å². The molecule has 1 aliphatic rings. The van der Waals surface area contributed by atoms with Crippen molar-refractivity contribution in [3.05, 3.63) is 90.0 Å². The van der Waals surface area contributed by atoms with Gasteiger partial charge in [0.2, 0.25) is 0 Å². The van der Waals surface area contributed by atoms with Gasteiger partial charge < -0.3 is 0 Å². The zero-order valence-corrected chi connectivity index (χ0v) is 19.7.